The van der Waals surface area contributed by atoms with Gasteiger partial charge in [0.1, 0.15) is 5.60 Å². The number of hydrogen-bond donors (Lipinski definition) is 2. The average molecular weight is 486 g/mol. The van der Waals surface area contributed by atoms with Crippen LogP contribution in [0.4, 0.5) is 4.79 Å². The van der Waals surface area contributed by atoms with Gasteiger partial charge in [-0.3, -0.25) is 4.99 Å². The lowest BCUT2D eigenvalue weighted by molar-refractivity contribution is 0.0486. The fourth-order valence-electron chi connectivity index (χ4n) is 2.18. The lowest BCUT2D eigenvalue weighted by Crippen LogP contribution is -2.45. The molecule has 0 rings (SSSR count). The van der Waals surface area contributed by atoms with Crippen molar-refractivity contribution < 1.29 is 14.3 Å². The minimum Gasteiger partial charge on any atom is -0.444 e. The van der Waals surface area contributed by atoms with Crippen molar-refractivity contribution in [2.24, 2.45) is 10.9 Å². The summed E-state index contributed by atoms with van der Waals surface area (Å²) < 4.78 is 10.4. The Balaban J connectivity index is 0. The molecule has 0 saturated heterocycles. The van der Waals surface area contributed by atoms with Crippen molar-refractivity contribution in [2.45, 2.75) is 59.6 Å². The number of carbonyl (C=O) groups excluding carboxylic acids is 1. The van der Waals surface area contributed by atoms with E-state index in [0.717, 1.165) is 25.5 Å². The summed E-state index contributed by atoms with van der Waals surface area (Å²) in [5.74, 6) is 1.16. The number of halogens is 1. The van der Waals surface area contributed by atoms with Gasteiger partial charge in [0.25, 0.3) is 0 Å². The summed E-state index contributed by atoms with van der Waals surface area (Å²) in [6, 6.07) is 0.0409. The maximum absolute atomic E-state index is 12.0. The van der Waals surface area contributed by atoms with Gasteiger partial charge in [-0.05, 0) is 40.0 Å². The van der Waals surface area contributed by atoms with E-state index in [1.165, 1.54) is 0 Å². The number of rotatable bonds is 9. The molecular formula is C18H39IN4O3. The SMILES string of the molecule is CCNC(=NCCOC)N(C)CCC(NC(=O)OC(C)(C)C)C(C)C.I. The Morgan fingerprint density at radius 2 is 1.88 bits per heavy atom. The van der Waals surface area contributed by atoms with Gasteiger partial charge in [-0.15, -0.1) is 24.0 Å². The highest BCUT2D eigenvalue weighted by Crippen LogP contribution is 2.11. The molecule has 1 unspecified atom stereocenters. The molecule has 1 atom stereocenters. The van der Waals surface area contributed by atoms with Crippen LogP contribution >= 0.6 is 24.0 Å². The van der Waals surface area contributed by atoms with E-state index in [9.17, 15) is 4.79 Å². The molecule has 8 heteroatoms. The van der Waals surface area contributed by atoms with E-state index >= 15 is 0 Å². The van der Waals surface area contributed by atoms with Crippen molar-refractivity contribution in [3.05, 3.63) is 0 Å². The first-order valence-electron chi connectivity index (χ1n) is 9.08. The number of nitrogens with one attached hydrogen (secondary N) is 2. The molecule has 0 aromatic heterocycles. The molecular weight excluding hydrogens is 447 g/mol. The zero-order valence-corrected chi connectivity index (χ0v) is 20.0. The van der Waals surface area contributed by atoms with Crippen LogP contribution in [-0.2, 0) is 9.47 Å². The zero-order chi connectivity index (χ0) is 19.5. The number of guanidine groups is 1. The first-order chi connectivity index (χ1) is 11.6. The number of hydrogen-bond acceptors (Lipinski definition) is 4. The molecule has 0 aliphatic rings. The second-order valence-electron chi connectivity index (χ2n) is 7.44. The predicted molar refractivity (Wildman–Crippen MR) is 119 cm³/mol. The van der Waals surface area contributed by atoms with Gasteiger partial charge in [-0.2, -0.15) is 0 Å². The van der Waals surface area contributed by atoms with Crippen LogP contribution < -0.4 is 10.6 Å². The molecule has 0 spiro atoms. The van der Waals surface area contributed by atoms with Crippen molar-refractivity contribution in [1.82, 2.24) is 15.5 Å². The Hall–Kier alpha value is -0.770. The maximum Gasteiger partial charge on any atom is 0.407 e. The second-order valence-corrected chi connectivity index (χ2v) is 7.44. The Labute approximate surface area is 176 Å². The van der Waals surface area contributed by atoms with Crippen molar-refractivity contribution >= 4 is 36.0 Å². The Morgan fingerprint density at radius 1 is 1.27 bits per heavy atom. The van der Waals surface area contributed by atoms with Crippen molar-refractivity contribution in [2.75, 3.05) is 40.4 Å². The van der Waals surface area contributed by atoms with Crippen LogP contribution in [0.15, 0.2) is 4.99 Å². The van der Waals surface area contributed by atoms with E-state index in [1.807, 2.05) is 34.7 Å². The molecule has 26 heavy (non-hydrogen) atoms. The highest BCUT2D eigenvalue weighted by atomic mass is 127. The van der Waals surface area contributed by atoms with Crippen molar-refractivity contribution in [3.63, 3.8) is 0 Å². The summed E-state index contributed by atoms with van der Waals surface area (Å²) in [4.78, 5) is 18.6. The quantitative estimate of drug-likeness (QED) is 0.227. The van der Waals surface area contributed by atoms with Crippen LogP contribution in [0.3, 0.4) is 0 Å². The molecule has 0 saturated carbocycles. The highest BCUT2D eigenvalue weighted by Gasteiger charge is 2.22. The van der Waals surface area contributed by atoms with E-state index in [-0.39, 0.29) is 36.1 Å². The molecule has 0 fully saturated rings. The van der Waals surface area contributed by atoms with Crippen LogP contribution in [0.25, 0.3) is 0 Å². The van der Waals surface area contributed by atoms with Gasteiger partial charge in [-0.1, -0.05) is 13.8 Å². The third kappa shape index (κ3) is 13.4. The van der Waals surface area contributed by atoms with E-state index in [4.69, 9.17) is 9.47 Å². The summed E-state index contributed by atoms with van der Waals surface area (Å²) >= 11 is 0. The standard InChI is InChI=1S/C18H38N4O3.HI/c1-9-19-16(20-11-13-24-8)22(7)12-10-15(14(2)3)21-17(23)25-18(4,5)6;/h14-15H,9-13H2,1-8H3,(H,19,20)(H,21,23);1H. The van der Waals surface area contributed by atoms with Gasteiger partial charge in [0.15, 0.2) is 5.96 Å². The number of aliphatic imine (C=N–C) groups is 1. The summed E-state index contributed by atoms with van der Waals surface area (Å²) in [6.07, 6.45) is 0.441. The Morgan fingerprint density at radius 3 is 2.35 bits per heavy atom. The van der Waals surface area contributed by atoms with Gasteiger partial charge >= 0.3 is 6.09 Å². The Kier molecular flexibility index (Phi) is 15.1. The van der Waals surface area contributed by atoms with Gasteiger partial charge in [0, 0.05) is 33.3 Å². The van der Waals surface area contributed by atoms with E-state index in [0.29, 0.717) is 19.1 Å². The minimum absolute atomic E-state index is 0. The third-order valence-electron chi connectivity index (χ3n) is 3.54. The molecule has 1 amide bonds. The van der Waals surface area contributed by atoms with E-state index in [1.54, 1.807) is 7.11 Å². The van der Waals surface area contributed by atoms with Crippen LogP contribution in [0, 0.1) is 5.92 Å². The number of carbonyl (C=O) groups is 1. The molecule has 0 heterocycles. The largest absolute Gasteiger partial charge is 0.444 e. The fourth-order valence-corrected chi connectivity index (χ4v) is 2.18. The monoisotopic (exact) mass is 486 g/mol. The summed E-state index contributed by atoms with van der Waals surface area (Å²) in [5.41, 5.74) is -0.491. The van der Waals surface area contributed by atoms with Crippen LogP contribution in [0.5, 0.6) is 0 Å². The lowest BCUT2D eigenvalue weighted by atomic mass is 10.0. The topological polar surface area (TPSA) is 75.2 Å². The normalized spacial score (nSPS) is 13.0. The fraction of sp³-hybridized carbons (Fsp3) is 0.889. The van der Waals surface area contributed by atoms with Crippen LogP contribution in [0.1, 0.15) is 48.0 Å². The number of alkyl carbamates (subject to hydrolysis) is 1. The van der Waals surface area contributed by atoms with Crippen molar-refractivity contribution in [3.8, 4) is 0 Å². The highest BCUT2D eigenvalue weighted by molar-refractivity contribution is 14.0. The van der Waals surface area contributed by atoms with Crippen molar-refractivity contribution in [1.29, 1.82) is 0 Å². The van der Waals surface area contributed by atoms with Crippen LogP contribution in [-0.4, -0.2) is 69.0 Å². The predicted octanol–water partition coefficient (Wildman–Crippen LogP) is 3.09. The summed E-state index contributed by atoms with van der Waals surface area (Å²) in [6.45, 7) is 14.6. The summed E-state index contributed by atoms with van der Waals surface area (Å²) in [7, 11) is 3.67. The molecule has 0 aromatic rings. The molecule has 0 radical (unpaired) electrons. The number of amides is 1. The van der Waals surface area contributed by atoms with Gasteiger partial charge in [0.05, 0.1) is 13.2 Å². The number of nitrogens with zero attached hydrogens (tertiary/aromatic N) is 2. The van der Waals surface area contributed by atoms with Gasteiger partial charge in [-0.25, -0.2) is 4.79 Å². The first-order valence-corrected chi connectivity index (χ1v) is 9.08. The van der Waals surface area contributed by atoms with Gasteiger partial charge < -0.3 is 25.0 Å². The number of ether oxygens (including phenoxy) is 2. The molecule has 156 valence electrons. The van der Waals surface area contributed by atoms with Crippen LogP contribution in [0.2, 0.25) is 0 Å². The molecule has 0 bridgehead atoms. The molecule has 7 nitrogen and oxygen atoms in total. The molecule has 2 N–H and O–H groups in total. The molecule has 0 aliphatic heterocycles. The summed E-state index contributed by atoms with van der Waals surface area (Å²) in [5, 5.41) is 6.26. The molecule has 0 aromatic carbocycles. The zero-order valence-electron chi connectivity index (χ0n) is 17.7. The lowest BCUT2D eigenvalue weighted by Gasteiger charge is -2.28. The first kappa shape index (κ1) is 27.4. The second kappa shape index (κ2) is 14.3. The minimum atomic E-state index is -0.491. The van der Waals surface area contributed by atoms with E-state index < -0.39 is 5.60 Å². The van der Waals surface area contributed by atoms with Gasteiger partial charge in [0.2, 0.25) is 0 Å². The smallest absolute Gasteiger partial charge is 0.407 e. The maximum atomic E-state index is 12.0. The van der Waals surface area contributed by atoms with E-state index in [2.05, 4.69) is 34.4 Å². The third-order valence-corrected chi connectivity index (χ3v) is 3.54. The number of methoxy groups -OCH3 is 1. The Bertz CT molecular complexity index is 412. The average Bonchev–Trinajstić information content (AvgIpc) is 2.48. The molecule has 0 aliphatic carbocycles.